The lowest BCUT2D eigenvalue weighted by Crippen LogP contribution is -2.35. The molecule has 3 atom stereocenters. The predicted octanol–water partition coefficient (Wildman–Crippen LogP) is 6.17. The van der Waals surface area contributed by atoms with E-state index >= 15 is 0 Å². The second-order valence-corrected chi connectivity index (χ2v) is 7.67. The summed E-state index contributed by atoms with van der Waals surface area (Å²) in [6.07, 6.45) is 4.07. The minimum atomic E-state index is 0.572. The van der Waals surface area contributed by atoms with Crippen LogP contribution in [0.1, 0.15) is 83.8 Å². The lowest BCUT2D eigenvalue weighted by atomic mass is 9.78. The fourth-order valence-corrected chi connectivity index (χ4v) is 3.53. The standard InChI is InChI=1S/C20H33N/c1-13(2)17-10-11-20(18(12-17)14(3)4)21-19-9-7-8-15(5)16(19)6/h10-16,19,21H,7-9H2,1-6H3. The number of anilines is 1. The first-order chi connectivity index (χ1) is 9.90. The van der Waals surface area contributed by atoms with E-state index in [1.807, 2.05) is 0 Å². The number of hydrogen-bond donors (Lipinski definition) is 1. The van der Waals surface area contributed by atoms with Crippen molar-refractivity contribution in [2.75, 3.05) is 5.32 Å². The van der Waals surface area contributed by atoms with Crippen molar-refractivity contribution < 1.29 is 0 Å². The molecule has 3 unspecified atom stereocenters. The zero-order valence-electron chi connectivity index (χ0n) is 14.7. The van der Waals surface area contributed by atoms with Crippen LogP contribution in [-0.2, 0) is 0 Å². The number of hydrogen-bond acceptors (Lipinski definition) is 1. The summed E-state index contributed by atoms with van der Waals surface area (Å²) in [5.74, 6) is 2.78. The van der Waals surface area contributed by atoms with Crippen LogP contribution in [0.15, 0.2) is 18.2 Å². The van der Waals surface area contributed by atoms with E-state index in [-0.39, 0.29) is 0 Å². The van der Waals surface area contributed by atoms with Crippen molar-refractivity contribution in [1.29, 1.82) is 0 Å². The van der Waals surface area contributed by atoms with Gasteiger partial charge in [0.25, 0.3) is 0 Å². The Morgan fingerprint density at radius 2 is 1.71 bits per heavy atom. The third kappa shape index (κ3) is 3.81. The first-order valence-electron chi connectivity index (χ1n) is 8.80. The van der Waals surface area contributed by atoms with Gasteiger partial charge in [-0.3, -0.25) is 0 Å². The van der Waals surface area contributed by atoms with Gasteiger partial charge < -0.3 is 5.32 Å². The molecule has 1 fully saturated rings. The Morgan fingerprint density at radius 3 is 2.33 bits per heavy atom. The summed E-state index contributed by atoms with van der Waals surface area (Å²) in [5.41, 5.74) is 4.29. The van der Waals surface area contributed by atoms with Gasteiger partial charge >= 0.3 is 0 Å². The molecule has 1 aromatic carbocycles. The van der Waals surface area contributed by atoms with Crippen LogP contribution >= 0.6 is 0 Å². The Labute approximate surface area is 131 Å². The Morgan fingerprint density at radius 1 is 1.00 bits per heavy atom. The highest BCUT2D eigenvalue weighted by atomic mass is 14.9. The first-order valence-corrected chi connectivity index (χ1v) is 8.80. The highest BCUT2D eigenvalue weighted by Gasteiger charge is 2.27. The fourth-order valence-electron chi connectivity index (χ4n) is 3.53. The molecule has 118 valence electrons. The Kier molecular flexibility index (Phi) is 5.35. The Balaban J connectivity index is 2.22. The van der Waals surface area contributed by atoms with Crippen molar-refractivity contribution in [3.05, 3.63) is 29.3 Å². The van der Waals surface area contributed by atoms with Crippen LogP contribution in [0.4, 0.5) is 5.69 Å². The molecular weight excluding hydrogens is 254 g/mol. The summed E-state index contributed by atoms with van der Waals surface area (Å²) in [6.45, 7) is 14.0. The van der Waals surface area contributed by atoms with Crippen molar-refractivity contribution in [3.8, 4) is 0 Å². The highest BCUT2D eigenvalue weighted by Crippen LogP contribution is 2.34. The third-order valence-electron chi connectivity index (χ3n) is 5.41. The van der Waals surface area contributed by atoms with Crippen molar-refractivity contribution >= 4 is 5.69 Å². The zero-order valence-corrected chi connectivity index (χ0v) is 14.7. The average molecular weight is 287 g/mol. The quantitative estimate of drug-likeness (QED) is 0.698. The van der Waals surface area contributed by atoms with E-state index in [1.165, 1.54) is 36.1 Å². The smallest absolute Gasteiger partial charge is 0.0377 e. The van der Waals surface area contributed by atoms with E-state index in [9.17, 15) is 0 Å². The van der Waals surface area contributed by atoms with Gasteiger partial charge in [-0.15, -0.1) is 0 Å². The fraction of sp³-hybridized carbons (Fsp3) is 0.700. The lowest BCUT2D eigenvalue weighted by molar-refractivity contribution is 0.253. The van der Waals surface area contributed by atoms with Crippen molar-refractivity contribution in [1.82, 2.24) is 0 Å². The molecule has 1 heteroatoms. The van der Waals surface area contributed by atoms with Gasteiger partial charge in [-0.05, 0) is 47.3 Å². The second kappa shape index (κ2) is 6.85. The number of rotatable bonds is 4. The molecule has 0 spiro atoms. The maximum absolute atomic E-state index is 3.88. The summed E-state index contributed by atoms with van der Waals surface area (Å²) in [5, 5.41) is 3.88. The molecule has 0 aliphatic heterocycles. The molecule has 1 aliphatic rings. The van der Waals surface area contributed by atoms with E-state index in [0.717, 1.165) is 11.8 Å². The van der Waals surface area contributed by atoms with Crippen LogP contribution in [0.5, 0.6) is 0 Å². The predicted molar refractivity (Wildman–Crippen MR) is 94.2 cm³/mol. The molecule has 0 bridgehead atoms. The van der Waals surface area contributed by atoms with Gasteiger partial charge in [-0.2, -0.15) is 0 Å². The van der Waals surface area contributed by atoms with Crippen molar-refractivity contribution in [2.45, 2.75) is 78.7 Å². The maximum atomic E-state index is 3.88. The summed E-state index contributed by atoms with van der Waals surface area (Å²) in [6, 6.07) is 7.66. The number of benzene rings is 1. The minimum absolute atomic E-state index is 0.572. The van der Waals surface area contributed by atoms with E-state index in [1.54, 1.807) is 0 Å². The largest absolute Gasteiger partial charge is 0.382 e. The van der Waals surface area contributed by atoms with Crippen LogP contribution < -0.4 is 5.32 Å². The van der Waals surface area contributed by atoms with Gasteiger partial charge in [0.15, 0.2) is 0 Å². The van der Waals surface area contributed by atoms with Crippen LogP contribution in [-0.4, -0.2) is 6.04 Å². The molecule has 21 heavy (non-hydrogen) atoms. The molecular formula is C20H33N. The molecule has 1 aromatic rings. The normalized spacial score (nSPS) is 26.4. The summed E-state index contributed by atoms with van der Waals surface area (Å²) < 4.78 is 0. The molecule has 2 rings (SSSR count). The Hall–Kier alpha value is -0.980. The van der Waals surface area contributed by atoms with E-state index in [2.05, 4.69) is 65.1 Å². The van der Waals surface area contributed by atoms with Gasteiger partial charge in [-0.25, -0.2) is 0 Å². The van der Waals surface area contributed by atoms with E-state index in [0.29, 0.717) is 17.9 Å². The molecule has 0 saturated heterocycles. The van der Waals surface area contributed by atoms with Crippen molar-refractivity contribution in [2.24, 2.45) is 11.8 Å². The topological polar surface area (TPSA) is 12.0 Å². The minimum Gasteiger partial charge on any atom is -0.382 e. The first kappa shape index (κ1) is 16.4. The Bertz CT molecular complexity index is 461. The van der Waals surface area contributed by atoms with E-state index in [4.69, 9.17) is 0 Å². The van der Waals surface area contributed by atoms with Gasteiger partial charge in [0.1, 0.15) is 0 Å². The van der Waals surface area contributed by atoms with Crippen LogP contribution in [0.2, 0.25) is 0 Å². The van der Waals surface area contributed by atoms with Gasteiger partial charge in [0, 0.05) is 11.7 Å². The second-order valence-electron chi connectivity index (χ2n) is 7.67. The molecule has 0 aromatic heterocycles. The lowest BCUT2D eigenvalue weighted by Gasteiger charge is -2.36. The molecule has 1 saturated carbocycles. The molecule has 0 heterocycles. The molecule has 0 amide bonds. The third-order valence-corrected chi connectivity index (χ3v) is 5.41. The van der Waals surface area contributed by atoms with Crippen LogP contribution in [0.3, 0.4) is 0 Å². The van der Waals surface area contributed by atoms with Gasteiger partial charge in [0.2, 0.25) is 0 Å². The van der Waals surface area contributed by atoms with E-state index < -0.39 is 0 Å². The molecule has 0 radical (unpaired) electrons. The summed E-state index contributed by atoms with van der Waals surface area (Å²) in [7, 11) is 0. The van der Waals surface area contributed by atoms with Crippen molar-refractivity contribution in [3.63, 3.8) is 0 Å². The summed E-state index contributed by atoms with van der Waals surface area (Å²) >= 11 is 0. The maximum Gasteiger partial charge on any atom is 0.0377 e. The monoisotopic (exact) mass is 287 g/mol. The van der Waals surface area contributed by atoms with Crippen LogP contribution in [0, 0.1) is 11.8 Å². The number of nitrogens with one attached hydrogen (secondary N) is 1. The molecule has 1 aliphatic carbocycles. The summed E-state index contributed by atoms with van der Waals surface area (Å²) in [4.78, 5) is 0. The molecule has 1 nitrogen and oxygen atoms in total. The van der Waals surface area contributed by atoms with Gasteiger partial charge in [-0.1, -0.05) is 66.5 Å². The molecule has 1 N–H and O–H groups in total. The van der Waals surface area contributed by atoms with Gasteiger partial charge in [0.05, 0.1) is 0 Å². The highest BCUT2D eigenvalue weighted by molar-refractivity contribution is 5.55. The SMILES string of the molecule is CC(C)c1ccc(NC2CCCC(C)C2C)c(C(C)C)c1. The average Bonchev–Trinajstić information content (AvgIpc) is 2.43. The zero-order chi connectivity index (χ0) is 15.6. The van der Waals surface area contributed by atoms with Crippen LogP contribution in [0.25, 0.3) is 0 Å².